The van der Waals surface area contributed by atoms with E-state index in [1.54, 1.807) is 11.3 Å². The van der Waals surface area contributed by atoms with Crippen molar-refractivity contribution in [3.8, 4) is 0 Å². The molecule has 0 bridgehead atoms. The van der Waals surface area contributed by atoms with Gasteiger partial charge in [-0.2, -0.15) is 5.10 Å². The summed E-state index contributed by atoms with van der Waals surface area (Å²) in [4.78, 5) is 1.14. The number of nitrogens with zero attached hydrogens (tertiary/aromatic N) is 2. The van der Waals surface area contributed by atoms with Crippen LogP contribution in [0.25, 0.3) is 10.9 Å². The Morgan fingerprint density at radius 2 is 2.11 bits per heavy atom. The number of fused-ring (bicyclic) bond motifs is 1. The number of halogens is 1. The van der Waals surface area contributed by atoms with Crippen LogP contribution < -0.4 is 5.73 Å². The number of aromatic nitrogens is 2. The first kappa shape index (κ1) is 11.7. The number of benzene rings is 1. The molecule has 0 radical (unpaired) electrons. The molecule has 0 amide bonds. The van der Waals surface area contributed by atoms with Crippen LogP contribution in [0.4, 0.5) is 0 Å². The number of hydrogen-bond donors (Lipinski definition) is 1. The molecule has 92 valence electrons. The Morgan fingerprint density at radius 3 is 2.83 bits per heavy atom. The van der Waals surface area contributed by atoms with Gasteiger partial charge in [0.1, 0.15) is 0 Å². The average molecular weight is 278 g/mol. The normalized spacial score (nSPS) is 13.0. The van der Waals surface area contributed by atoms with E-state index in [0.29, 0.717) is 6.54 Å². The van der Waals surface area contributed by atoms with Crippen molar-refractivity contribution in [3.05, 3.63) is 51.8 Å². The summed E-state index contributed by atoms with van der Waals surface area (Å²) in [5, 5.41) is 5.58. The number of thiophene rings is 1. The van der Waals surface area contributed by atoms with Crippen LogP contribution in [0.15, 0.2) is 42.6 Å². The van der Waals surface area contributed by atoms with Gasteiger partial charge in [0.25, 0.3) is 0 Å². The molecule has 3 nitrogen and oxygen atoms in total. The molecular weight excluding hydrogens is 266 g/mol. The van der Waals surface area contributed by atoms with Gasteiger partial charge in [-0.1, -0.05) is 29.8 Å². The molecular formula is C13H12ClN3S. The Balaban J connectivity index is 2.11. The number of para-hydroxylation sites is 1. The van der Waals surface area contributed by atoms with E-state index in [0.717, 1.165) is 20.1 Å². The second-order valence-electron chi connectivity index (χ2n) is 4.04. The van der Waals surface area contributed by atoms with Gasteiger partial charge in [0.05, 0.1) is 22.1 Å². The molecule has 0 aliphatic carbocycles. The quantitative estimate of drug-likeness (QED) is 0.798. The van der Waals surface area contributed by atoms with Gasteiger partial charge in [0.2, 0.25) is 0 Å². The van der Waals surface area contributed by atoms with Crippen molar-refractivity contribution >= 4 is 33.8 Å². The molecule has 0 saturated carbocycles. The van der Waals surface area contributed by atoms with E-state index in [4.69, 9.17) is 17.3 Å². The SMILES string of the molecule is NCC(c1ccc(Cl)s1)n1ncc2ccccc21. The smallest absolute Gasteiger partial charge is 0.0989 e. The third-order valence-electron chi connectivity index (χ3n) is 2.95. The van der Waals surface area contributed by atoms with E-state index >= 15 is 0 Å². The van der Waals surface area contributed by atoms with Crippen molar-refractivity contribution < 1.29 is 0 Å². The summed E-state index contributed by atoms with van der Waals surface area (Å²) in [6.45, 7) is 0.502. The van der Waals surface area contributed by atoms with Gasteiger partial charge in [-0.25, -0.2) is 0 Å². The van der Waals surface area contributed by atoms with E-state index in [1.807, 2.05) is 41.2 Å². The van der Waals surface area contributed by atoms with E-state index in [1.165, 1.54) is 0 Å². The number of nitrogens with two attached hydrogens (primary N) is 1. The predicted molar refractivity (Wildman–Crippen MR) is 76.3 cm³/mol. The van der Waals surface area contributed by atoms with Crippen molar-refractivity contribution in [1.29, 1.82) is 0 Å². The van der Waals surface area contributed by atoms with E-state index in [9.17, 15) is 0 Å². The molecule has 1 unspecified atom stereocenters. The zero-order chi connectivity index (χ0) is 12.5. The van der Waals surface area contributed by atoms with Gasteiger partial charge in [-0.15, -0.1) is 11.3 Å². The predicted octanol–water partition coefficient (Wildman–Crippen LogP) is 3.30. The Kier molecular flexibility index (Phi) is 3.07. The van der Waals surface area contributed by atoms with E-state index in [2.05, 4.69) is 11.2 Å². The minimum absolute atomic E-state index is 0.0439. The second kappa shape index (κ2) is 4.72. The van der Waals surface area contributed by atoms with Crippen LogP contribution in [-0.4, -0.2) is 16.3 Å². The number of rotatable bonds is 3. The number of hydrogen-bond acceptors (Lipinski definition) is 3. The van der Waals surface area contributed by atoms with Crippen LogP contribution in [-0.2, 0) is 0 Å². The fourth-order valence-corrected chi connectivity index (χ4v) is 3.24. The molecule has 0 fully saturated rings. The third kappa shape index (κ3) is 1.92. The Morgan fingerprint density at radius 1 is 1.28 bits per heavy atom. The molecule has 5 heteroatoms. The Hall–Kier alpha value is -1.36. The molecule has 0 saturated heterocycles. The van der Waals surface area contributed by atoms with Crippen LogP contribution in [0, 0.1) is 0 Å². The summed E-state index contributed by atoms with van der Waals surface area (Å²) >= 11 is 7.54. The average Bonchev–Trinajstić information content (AvgIpc) is 2.98. The fourth-order valence-electron chi connectivity index (χ4n) is 2.08. The molecule has 2 aromatic heterocycles. The fraction of sp³-hybridized carbons (Fsp3) is 0.154. The van der Waals surface area contributed by atoms with Crippen molar-refractivity contribution in [2.45, 2.75) is 6.04 Å². The van der Waals surface area contributed by atoms with Gasteiger partial charge in [-0.3, -0.25) is 4.68 Å². The summed E-state index contributed by atoms with van der Waals surface area (Å²) in [5.41, 5.74) is 6.99. The lowest BCUT2D eigenvalue weighted by atomic mass is 10.2. The first-order valence-corrected chi connectivity index (χ1v) is 6.86. The Bertz CT molecular complexity index is 673. The maximum absolute atomic E-state index is 5.99. The van der Waals surface area contributed by atoms with Crippen molar-refractivity contribution in [3.63, 3.8) is 0 Å². The topological polar surface area (TPSA) is 43.8 Å². The molecule has 3 rings (SSSR count). The lowest BCUT2D eigenvalue weighted by Gasteiger charge is -2.14. The lowest BCUT2D eigenvalue weighted by molar-refractivity contribution is 0.557. The molecule has 2 N–H and O–H groups in total. The lowest BCUT2D eigenvalue weighted by Crippen LogP contribution is -2.20. The van der Waals surface area contributed by atoms with Crippen LogP contribution in [0.5, 0.6) is 0 Å². The summed E-state index contributed by atoms with van der Waals surface area (Å²) < 4.78 is 2.75. The first-order valence-electron chi connectivity index (χ1n) is 5.67. The monoisotopic (exact) mass is 277 g/mol. The minimum atomic E-state index is 0.0439. The van der Waals surface area contributed by atoms with Gasteiger partial charge >= 0.3 is 0 Å². The van der Waals surface area contributed by atoms with Crippen LogP contribution >= 0.6 is 22.9 Å². The van der Waals surface area contributed by atoms with Crippen molar-refractivity contribution in [1.82, 2.24) is 9.78 Å². The van der Waals surface area contributed by atoms with Crippen LogP contribution in [0.1, 0.15) is 10.9 Å². The maximum Gasteiger partial charge on any atom is 0.0989 e. The highest BCUT2D eigenvalue weighted by molar-refractivity contribution is 7.16. The molecule has 1 atom stereocenters. The molecule has 2 heterocycles. The van der Waals surface area contributed by atoms with Crippen molar-refractivity contribution in [2.75, 3.05) is 6.54 Å². The highest BCUT2D eigenvalue weighted by Gasteiger charge is 2.17. The van der Waals surface area contributed by atoms with Crippen LogP contribution in [0.2, 0.25) is 4.34 Å². The molecule has 1 aromatic carbocycles. The summed E-state index contributed by atoms with van der Waals surface area (Å²) in [6.07, 6.45) is 1.87. The van der Waals surface area contributed by atoms with Gasteiger partial charge in [-0.05, 0) is 18.2 Å². The third-order valence-corrected chi connectivity index (χ3v) is 4.28. The first-order chi connectivity index (χ1) is 8.79. The van der Waals surface area contributed by atoms with E-state index in [-0.39, 0.29) is 6.04 Å². The van der Waals surface area contributed by atoms with Gasteiger partial charge in [0, 0.05) is 16.8 Å². The second-order valence-corrected chi connectivity index (χ2v) is 5.79. The molecule has 0 aliphatic heterocycles. The molecule has 3 aromatic rings. The highest BCUT2D eigenvalue weighted by atomic mass is 35.5. The summed E-state index contributed by atoms with van der Waals surface area (Å²) in [5.74, 6) is 0. The summed E-state index contributed by atoms with van der Waals surface area (Å²) in [6, 6.07) is 12.1. The summed E-state index contributed by atoms with van der Waals surface area (Å²) in [7, 11) is 0. The largest absolute Gasteiger partial charge is 0.328 e. The molecule has 0 spiro atoms. The molecule has 0 aliphatic rings. The van der Waals surface area contributed by atoms with Crippen LogP contribution in [0.3, 0.4) is 0 Å². The Labute approximate surface area is 114 Å². The van der Waals surface area contributed by atoms with Crippen molar-refractivity contribution in [2.24, 2.45) is 5.73 Å². The molecule has 18 heavy (non-hydrogen) atoms. The zero-order valence-electron chi connectivity index (χ0n) is 9.58. The van der Waals surface area contributed by atoms with Gasteiger partial charge < -0.3 is 5.73 Å². The minimum Gasteiger partial charge on any atom is -0.328 e. The standard InChI is InChI=1S/C13H12ClN3S/c14-13-6-5-12(18-13)11(7-15)17-10-4-2-1-3-9(10)8-16-17/h1-6,8,11H,7,15H2. The van der Waals surface area contributed by atoms with Gasteiger partial charge in [0.15, 0.2) is 0 Å². The van der Waals surface area contributed by atoms with E-state index < -0.39 is 0 Å². The maximum atomic E-state index is 5.99. The zero-order valence-corrected chi connectivity index (χ0v) is 11.2. The highest BCUT2D eigenvalue weighted by Crippen LogP contribution is 2.30.